The molecule has 0 amide bonds. The van der Waals surface area contributed by atoms with Crippen LogP contribution in [0.4, 0.5) is 5.82 Å². The molecule has 2 aromatic rings. The van der Waals surface area contributed by atoms with Crippen molar-refractivity contribution < 1.29 is 8.42 Å². The van der Waals surface area contributed by atoms with Crippen molar-refractivity contribution in [1.29, 1.82) is 0 Å². The molecule has 0 saturated heterocycles. The molecule has 2 heterocycles. The average Bonchev–Trinajstić information content (AvgIpc) is 2.82. The number of rotatable bonds is 5. The number of nitrogens with zero attached hydrogens (tertiary/aromatic N) is 3. The largest absolute Gasteiger partial charge is 0.337 e. The first kappa shape index (κ1) is 14.9. The zero-order valence-electron chi connectivity index (χ0n) is 10.5. The van der Waals surface area contributed by atoms with Crippen LogP contribution in [0.3, 0.4) is 0 Å². The van der Waals surface area contributed by atoms with Crippen molar-refractivity contribution in [3.05, 3.63) is 35.0 Å². The van der Waals surface area contributed by atoms with E-state index in [2.05, 4.69) is 36.0 Å². The molecule has 0 aliphatic carbocycles. The average molecular weight is 361 g/mol. The minimum absolute atomic E-state index is 0.0383. The highest BCUT2D eigenvalue weighted by Crippen LogP contribution is 2.22. The van der Waals surface area contributed by atoms with Crippen molar-refractivity contribution in [3.63, 3.8) is 0 Å². The van der Waals surface area contributed by atoms with Crippen molar-refractivity contribution in [2.75, 3.05) is 5.43 Å². The van der Waals surface area contributed by atoms with Crippen LogP contribution in [-0.2, 0) is 23.6 Å². The third-order valence-corrected chi connectivity index (χ3v) is 4.44. The Kier molecular flexibility index (Phi) is 4.38. The predicted molar refractivity (Wildman–Crippen MR) is 77.0 cm³/mol. The van der Waals surface area contributed by atoms with Crippen molar-refractivity contribution in [2.24, 2.45) is 12.9 Å². The van der Waals surface area contributed by atoms with Gasteiger partial charge in [-0.2, -0.15) is 0 Å². The molecule has 0 spiro atoms. The Bertz CT molecular complexity index is 714. The van der Waals surface area contributed by atoms with Crippen LogP contribution in [0.15, 0.2) is 34.0 Å². The molecular weight excluding hydrogens is 348 g/mol. The van der Waals surface area contributed by atoms with Crippen molar-refractivity contribution in [2.45, 2.75) is 11.4 Å². The summed E-state index contributed by atoms with van der Waals surface area (Å²) >= 11 is 3.18. The first-order valence-corrected chi connectivity index (χ1v) is 7.79. The number of imidazole rings is 1. The molecule has 0 aliphatic heterocycles. The number of hydrazine groups is 1. The first-order valence-electron chi connectivity index (χ1n) is 5.52. The van der Waals surface area contributed by atoms with E-state index in [1.54, 1.807) is 24.0 Å². The van der Waals surface area contributed by atoms with E-state index >= 15 is 0 Å². The minimum atomic E-state index is -3.76. The van der Waals surface area contributed by atoms with E-state index in [0.29, 0.717) is 10.3 Å². The summed E-state index contributed by atoms with van der Waals surface area (Å²) in [7, 11) is -1.97. The Balaban J connectivity index is 2.26. The molecule has 10 heteroatoms. The quantitative estimate of drug-likeness (QED) is 0.523. The van der Waals surface area contributed by atoms with Crippen LogP contribution in [-0.4, -0.2) is 23.0 Å². The SMILES string of the molecule is Cn1ccnc1CNS(=O)(=O)c1cc(Br)cnc1NN. The number of halogens is 1. The van der Waals surface area contributed by atoms with Crippen molar-refractivity contribution >= 4 is 31.8 Å². The normalized spacial score (nSPS) is 11.6. The standard InChI is InChI=1S/C10H13BrN6O2S/c1-17-3-2-13-9(17)6-15-20(18,19)8-4-7(11)5-14-10(8)16-12/h2-5,15H,6,12H2,1H3,(H,14,16). The Morgan fingerprint density at radius 1 is 1.45 bits per heavy atom. The Labute approximate surface area is 124 Å². The van der Waals surface area contributed by atoms with Crippen LogP contribution in [0.5, 0.6) is 0 Å². The highest BCUT2D eigenvalue weighted by atomic mass is 79.9. The van der Waals surface area contributed by atoms with Gasteiger partial charge in [-0.05, 0) is 22.0 Å². The van der Waals surface area contributed by atoms with Gasteiger partial charge in [-0.15, -0.1) is 0 Å². The number of nitrogens with two attached hydrogens (primary N) is 1. The number of sulfonamides is 1. The molecule has 108 valence electrons. The number of aryl methyl sites for hydroxylation is 1. The van der Waals surface area contributed by atoms with E-state index in [0.717, 1.165) is 0 Å². The molecule has 4 N–H and O–H groups in total. The highest BCUT2D eigenvalue weighted by Gasteiger charge is 2.20. The van der Waals surface area contributed by atoms with Gasteiger partial charge in [0.1, 0.15) is 10.7 Å². The Hall–Kier alpha value is -1.49. The lowest BCUT2D eigenvalue weighted by Crippen LogP contribution is -2.26. The molecule has 0 atom stereocenters. The van der Waals surface area contributed by atoms with Gasteiger partial charge in [-0.25, -0.2) is 29.0 Å². The number of pyridine rings is 1. The molecule has 2 aromatic heterocycles. The first-order chi connectivity index (χ1) is 9.44. The second-order valence-corrected chi connectivity index (χ2v) is 6.57. The maximum absolute atomic E-state index is 12.3. The minimum Gasteiger partial charge on any atom is -0.337 e. The summed E-state index contributed by atoms with van der Waals surface area (Å²) in [6.07, 6.45) is 4.78. The molecular formula is C10H13BrN6O2S. The van der Waals surface area contributed by atoms with Crippen LogP contribution in [0, 0.1) is 0 Å². The van der Waals surface area contributed by atoms with E-state index in [-0.39, 0.29) is 17.3 Å². The van der Waals surface area contributed by atoms with Gasteiger partial charge in [0.25, 0.3) is 0 Å². The molecule has 20 heavy (non-hydrogen) atoms. The third kappa shape index (κ3) is 3.15. The van der Waals surface area contributed by atoms with E-state index in [1.807, 2.05) is 0 Å². The van der Waals surface area contributed by atoms with Gasteiger partial charge in [0.05, 0.1) is 6.54 Å². The summed E-state index contributed by atoms with van der Waals surface area (Å²) in [5.74, 6) is 5.94. The molecule has 0 radical (unpaired) electrons. The molecule has 2 rings (SSSR count). The Morgan fingerprint density at radius 3 is 2.80 bits per heavy atom. The maximum Gasteiger partial charge on any atom is 0.244 e. The molecule has 0 bridgehead atoms. The number of aromatic nitrogens is 3. The van der Waals surface area contributed by atoms with Crippen LogP contribution in [0.2, 0.25) is 0 Å². The van der Waals surface area contributed by atoms with Crippen molar-refractivity contribution in [1.82, 2.24) is 19.3 Å². The number of hydrogen-bond acceptors (Lipinski definition) is 6. The summed E-state index contributed by atoms with van der Waals surface area (Å²) in [6, 6.07) is 1.42. The van der Waals surface area contributed by atoms with E-state index in [9.17, 15) is 8.42 Å². The lowest BCUT2D eigenvalue weighted by Gasteiger charge is -2.10. The van der Waals surface area contributed by atoms with Crippen LogP contribution < -0.4 is 16.0 Å². The number of nitrogens with one attached hydrogen (secondary N) is 2. The fraction of sp³-hybridized carbons (Fsp3) is 0.200. The molecule has 0 aromatic carbocycles. The number of anilines is 1. The van der Waals surface area contributed by atoms with Gasteiger partial charge in [-0.3, -0.25) is 0 Å². The lowest BCUT2D eigenvalue weighted by molar-refractivity contribution is 0.577. The van der Waals surface area contributed by atoms with Crippen molar-refractivity contribution in [3.8, 4) is 0 Å². The summed E-state index contributed by atoms with van der Waals surface area (Å²) in [5, 5.41) is 0. The predicted octanol–water partition coefficient (Wildman–Crippen LogP) is 0.342. The van der Waals surface area contributed by atoms with Gasteiger partial charge in [0.15, 0.2) is 5.82 Å². The summed E-state index contributed by atoms with van der Waals surface area (Å²) in [4.78, 5) is 7.91. The fourth-order valence-electron chi connectivity index (χ4n) is 1.54. The highest BCUT2D eigenvalue weighted by molar-refractivity contribution is 9.10. The summed E-state index contributed by atoms with van der Waals surface area (Å²) in [5.41, 5.74) is 2.26. The van der Waals surface area contributed by atoms with Gasteiger partial charge in [0.2, 0.25) is 10.0 Å². The van der Waals surface area contributed by atoms with Crippen LogP contribution in [0.25, 0.3) is 0 Å². The van der Waals surface area contributed by atoms with E-state index < -0.39 is 10.0 Å². The summed E-state index contributed by atoms with van der Waals surface area (Å²) in [6.45, 7) is 0.0718. The molecule has 0 aliphatic rings. The molecule has 0 unspecified atom stereocenters. The smallest absolute Gasteiger partial charge is 0.244 e. The van der Waals surface area contributed by atoms with Gasteiger partial charge < -0.3 is 9.99 Å². The maximum atomic E-state index is 12.3. The second-order valence-electron chi connectivity index (χ2n) is 3.92. The molecule has 0 fully saturated rings. The Morgan fingerprint density at radius 2 is 2.20 bits per heavy atom. The van der Waals surface area contributed by atoms with Crippen LogP contribution in [0.1, 0.15) is 5.82 Å². The van der Waals surface area contributed by atoms with Gasteiger partial charge >= 0.3 is 0 Å². The second kappa shape index (κ2) is 5.87. The zero-order valence-corrected chi connectivity index (χ0v) is 12.9. The molecule has 8 nitrogen and oxygen atoms in total. The summed E-state index contributed by atoms with van der Waals surface area (Å²) < 4.78 is 29.2. The van der Waals surface area contributed by atoms with E-state index in [4.69, 9.17) is 5.84 Å². The van der Waals surface area contributed by atoms with Gasteiger partial charge in [0, 0.05) is 30.1 Å². The fourth-order valence-corrected chi connectivity index (χ4v) is 3.14. The molecule has 0 saturated carbocycles. The van der Waals surface area contributed by atoms with Crippen LogP contribution >= 0.6 is 15.9 Å². The monoisotopic (exact) mass is 360 g/mol. The van der Waals surface area contributed by atoms with E-state index in [1.165, 1.54) is 12.3 Å². The van der Waals surface area contributed by atoms with Gasteiger partial charge in [-0.1, -0.05) is 0 Å². The number of nitrogen functional groups attached to an aromatic ring is 1. The topological polar surface area (TPSA) is 115 Å². The lowest BCUT2D eigenvalue weighted by atomic mass is 10.5. The third-order valence-electron chi connectivity index (χ3n) is 2.59. The zero-order chi connectivity index (χ0) is 14.8. The number of hydrogen-bond donors (Lipinski definition) is 3.